The van der Waals surface area contributed by atoms with Gasteiger partial charge < -0.3 is 4.74 Å². The van der Waals surface area contributed by atoms with Crippen LogP contribution in [0, 0.1) is 0 Å². The summed E-state index contributed by atoms with van der Waals surface area (Å²) < 4.78 is 36.9. The lowest BCUT2D eigenvalue weighted by Crippen LogP contribution is -2.40. The molecule has 2 aliphatic rings. The Morgan fingerprint density at radius 1 is 1.21 bits per heavy atom. The van der Waals surface area contributed by atoms with Crippen molar-refractivity contribution in [2.45, 2.75) is 69.3 Å². The first-order valence-corrected chi connectivity index (χ1v) is 13.2. The summed E-state index contributed by atoms with van der Waals surface area (Å²) in [6, 6.07) is 0. The first-order valence-electron chi connectivity index (χ1n) is 11.3. The van der Waals surface area contributed by atoms with Gasteiger partial charge in [-0.05, 0) is 52.4 Å². The van der Waals surface area contributed by atoms with Gasteiger partial charge in [-0.25, -0.2) is 18.4 Å². The molecular weight excluding hydrogens is 480 g/mol. The Morgan fingerprint density at radius 2 is 1.94 bits per heavy atom. The summed E-state index contributed by atoms with van der Waals surface area (Å²) in [5.41, 5.74) is 2.70. The number of hydrogen-bond donors (Lipinski definition) is 2. The Kier molecular flexibility index (Phi) is 5.85. The zero-order valence-electron chi connectivity index (χ0n) is 19.2. The highest BCUT2D eigenvalue weighted by molar-refractivity contribution is 7.93. The second-order valence-electron chi connectivity index (χ2n) is 9.18. The summed E-state index contributed by atoms with van der Waals surface area (Å²) in [7, 11) is -2.54. The molecule has 13 heteroatoms. The van der Waals surface area contributed by atoms with E-state index in [0.29, 0.717) is 10.8 Å². The van der Waals surface area contributed by atoms with Crippen LogP contribution in [0.4, 0.5) is 5.95 Å². The van der Waals surface area contributed by atoms with Gasteiger partial charge in [0.05, 0.1) is 5.02 Å². The van der Waals surface area contributed by atoms with Crippen LogP contribution in [-0.2, 0) is 33.1 Å². The number of halogens is 1. The number of H-pyrrole nitrogens is 1. The summed E-state index contributed by atoms with van der Waals surface area (Å²) in [5, 5.41) is 15.6. The highest BCUT2D eigenvalue weighted by atomic mass is 35.5. The maximum atomic E-state index is 13.4. The van der Waals surface area contributed by atoms with E-state index < -0.39 is 21.4 Å². The van der Waals surface area contributed by atoms with E-state index in [4.69, 9.17) is 16.3 Å². The number of methoxy groups -OCH3 is 1. The van der Waals surface area contributed by atoms with Gasteiger partial charge in [0.2, 0.25) is 16.0 Å². The molecule has 0 spiro atoms. The van der Waals surface area contributed by atoms with E-state index in [9.17, 15) is 8.42 Å². The number of aromatic amines is 1. The zero-order valence-corrected chi connectivity index (χ0v) is 20.8. The summed E-state index contributed by atoms with van der Waals surface area (Å²) in [6.07, 6.45) is 7.69. The van der Waals surface area contributed by atoms with Gasteiger partial charge in [-0.1, -0.05) is 11.6 Å². The van der Waals surface area contributed by atoms with Crippen molar-refractivity contribution < 1.29 is 13.2 Å². The fraction of sp³-hybridized carbons (Fsp3) is 0.571. The first kappa shape index (κ1) is 23.2. The molecule has 3 heterocycles. The van der Waals surface area contributed by atoms with Crippen LogP contribution in [0.25, 0.3) is 11.5 Å². The van der Waals surface area contributed by atoms with Crippen molar-refractivity contribution in [3.05, 3.63) is 34.5 Å². The van der Waals surface area contributed by atoms with Crippen molar-refractivity contribution in [3.8, 4) is 11.5 Å². The summed E-state index contributed by atoms with van der Waals surface area (Å²) in [6.45, 7) is 3.64. The summed E-state index contributed by atoms with van der Waals surface area (Å²) in [5.74, 6) is 0.979. The van der Waals surface area contributed by atoms with Gasteiger partial charge in [-0.15, -0.1) is 10.2 Å². The third kappa shape index (κ3) is 3.87. The largest absolute Gasteiger partial charge is 0.372 e. The van der Waals surface area contributed by atoms with Crippen LogP contribution in [0.1, 0.15) is 62.7 Å². The number of fused-ring (bicyclic) bond motifs is 1. The molecule has 2 N–H and O–H groups in total. The highest BCUT2D eigenvalue weighted by Crippen LogP contribution is 2.44. The van der Waals surface area contributed by atoms with Crippen LogP contribution >= 0.6 is 11.6 Å². The van der Waals surface area contributed by atoms with E-state index in [1.54, 1.807) is 6.92 Å². The minimum absolute atomic E-state index is 0.172. The standard InChI is InChI=1S/C21H27ClN8O3S/c1-12(17(33-3)18-23-10-13(22)11-24-18)34(31,32)29-20-28-27-19(30(20)21(2)8-5-9-21)16-14-6-4-7-15(14)25-26-16/h10-12,17H,4-9H2,1-3H3,(H,25,26)(H,28,29). The zero-order chi connectivity index (χ0) is 24.1. The molecule has 2 unspecified atom stereocenters. The number of aromatic nitrogens is 7. The third-order valence-corrected chi connectivity index (χ3v) is 8.84. The normalized spacial score (nSPS) is 18.8. The van der Waals surface area contributed by atoms with Crippen LogP contribution in [0.15, 0.2) is 12.4 Å². The molecule has 34 heavy (non-hydrogen) atoms. The molecule has 182 valence electrons. The van der Waals surface area contributed by atoms with Crippen LogP contribution in [0.3, 0.4) is 0 Å². The maximum Gasteiger partial charge on any atom is 0.240 e. The third-order valence-electron chi connectivity index (χ3n) is 6.95. The molecule has 0 saturated heterocycles. The Hall–Kier alpha value is -2.57. The maximum absolute atomic E-state index is 13.4. The smallest absolute Gasteiger partial charge is 0.240 e. The fourth-order valence-electron chi connectivity index (χ4n) is 4.79. The lowest BCUT2D eigenvalue weighted by molar-refractivity contribution is 0.0950. The molecule has 0 aliphatic heterocycles. The number of aryl methyl sites for hydroxylation is 1. The molecule has 2 atom stereocenters. The monoisotopic (exact) mass is 506 g/mol. The Bertz CT molecular complexity index is 1300. The average molecular weight is 507 g/mol. The van der Waals surface area contributed by atoms with Crippen molar-refractivity contribution in [3.63, 3.8) is 0 Å². The minimum Gasteiger partial charge on any atom is -0.372 e. The predicted octanol–water partition coefficient (Wildman–Crippen LogP) is 3.02. The topological polar surface area (TPSA) is 141 Å². The molecule has 5 rings (SSSR count). The van der Waals surface area contributed by atoms with Gasteiger partial charge in [0, 0.05) is 36.3 Å². The molecule has 3 aromatic heterocycles. The van der Waals surface area contributed by atoms with E-state index in [0.717, 1.165) is 55.5 Å². The lowest BCUT2D eigenvalue weighted by atomic mass is 9.78. The van der Waals surface area contributed by atoms with E-state index in [2.05, 4.69) is 42.0 Å². The molecule has 1 saturated carbocycles. The summed E-state index contributed by atoms with van der Waals surface area (Å²) >= 11 is 5.87. The lowest BCUT2D eigenvalue weighted by Gasteiger charge is -2.41. The second kappa shape index (κ2) is 8.58. The van der Waals surface area contributed by atoms with Crippen molar-refractivity contribution in [2.75, 3.05) is 11.8 Å². The van der Waals surface area contributed by atoms with Gasteiger partial charge in [-0.3, -0.25) is 14.4 Å². The van der Waals surface area contributed by atoms with E-state index in [1.165, 1.54) is 19.5 Å². The molecule has 0 aromatic carbocycles. The summed E-state index contributed by atoms with van der Waals surface area (Å²) in [4.78, 5) is 8.27. The Morgan fingerprint density at radius 3 is 2.59 bits per heavy atom. The van der Waals surface area contributed by atoms with Crippen LogP contribution < -0.4 is 4.72 Å². The van der Waals surface area contributed by atoms with Crippen LogP contribution in [0.2, 0.25) is 5.02 Å². The van der Waals surface area contributed by atoms with Crippen molar-refractivity contribution in [1.29, 1.82) is 0 Å². The molecular formula is C21H27ClN8O3S. The van der Waals surface area contributed by atoms with E-state index in [-0.39, 0.29) is 17.3 Å². The predicted molar refractivity (Wildman–Crippen MR) is 126 cm³/mol. The molecule has 3 aromatic rings. The quantitative estimate of drug-likeness (QED) is 0.475. The Balaban J connectivity index is 1.50. The van der Waals surface area contributed by atoms with Gasteiger partial charge in [-0.2, -0.15) is 5.10 Å². The SMILES string of the molecule is COC(c1ncc(Cl)cn1)C(C)S(=O)(=O)Nc1nnc(-c2n[nH]c3c2CCC3)n1C1(C)CCC1. The van der Waals surface area contributed by atoms with E-state index in [1.807, 2.05) is 4.57 Å². The van der Waals surface area contributed by atoms with E-state index >= 15 is 0 Å². The second-order valence-corrected chi connectivity index (χ2v) is 11.7. The number of rotatable bonds is 8. The average Bonchev–Trinajstić information content (AvgIpc) is 3.50. The minimum atomic E-state index is -3.96. The van der Waals surface area contributed by atoms with Crippen molar-refractivity contribution >= 4 is 27.6 Å². The van der Waals surface area contributed by atoms with Crippen molar-refractivity contribution in [2.24, 2.45) is 0 Å². The number of sulfonamides is 1. The van der Waals surface area contributed by atoms with Gasteiger partial charge in [0.25, 0.3) is 0 Å². The highest BCUT2D eigenvalue weighted by Gasteiger charge is 2.41. The molecule has 1 fully saturated rings. The van der Waals surface area contributed by atoms with Gasteiger partial charge in [0.1, 0.15) is 17.0 Å². The fourth-order valence-corrected chi connectivity index (χ4v) is 6.02. The number of nitrogens with zero attached hydrogens (tertiary/aromatic N) is 6. The van der Waals surface area contributed by atoms with Crippen molar-refractivity contribution in [1.82, 2.24) is 34.9 Å². The van der Waals surface area contributed by atoms with Gasteiger partial charge in [0.15, 0.2) is 11.6 Å². The molecule has 0 bridgehead atoms. The molecule has 2 aliphatic carbocycles. The number of ether oxygens (including phenoxy) is 1. The van der Waals surface area contributed by atoms with Crippen LogP contribution in [-0.4, -0.2) is 55.7 Å². The van der Waals surface area contributed by atoms with Crippen LogP contribution in [0.5, 0.6) is 0 Å². The first-order chi connectivity index (χ1) is 16.2. The molecule has 0 amide bonds. The van der Waals surface area contributed by atoms with Gasteiger partial charge >= 0.3 is 0 Å². The molecule has 11 nitrogen and oxygen atoms in total. The number of nitrogens with one attached hydrogen (secondary N) is 2. The molecule has 0 radical (unpaired) electrons. The number of anilines is 1. The Labute approximate surface area is 202 Å². The number of hydrogen-bond acceptors (Lipinski definition) is 8.